The van der Waals surface area contributed by atoms with Crippen LogP contribution in [0.2, 0.25) is 10.0 Å². The molecular formula is C17H16Cl2FNO3S. The molecule has 0 radical (unpaired) electrons. The third kappa shape index (κ3) is 4.71. The minimum Gasteiger partial charge on any atom is -0.371 e. The van der Waals surface area contributed by atoms with E-state index in [0.717, 1.165) is 5.56 Å². The molecule has 0 N–H and O–H groups in total. The number of benzene rings is 2. The maximum absolute atomic E-state index is 13.3. The zero-order chi connectivity index (χ0) is 18.0. The summed E-state index contributed by atoms with van der Waals surface area (Å²) in [5.41, 5.74) is 1.14. The van der Waals surface area contributed by atoms with Crippen molar-refractivity contribution >= 4 is 33.2 Å². The summed E-state index contributed by atoms with van der Waals surface area (Å²) in [6.07, 6.45) is -0.452. The van der Waals surface area contributed by atoms with Gasteiger partial charge in [0.25, 0.3) is 0 Å². The van der Waals surface area contributed by atoms with Crippen molar-refractivity contribution in [2.24, 2.45) is 0 Å². The van der Waals surface area contributed by atoms with Gasteiger partial charge in [-0.15, -0.1) is 0 Å². The third-order valence-electron chi connectivity index (χ3n) is 3.92. The summed E-state index contributed by atoms with van der Waals surface area (Å²) in [4.78, 5) is 0. The zero-order valence-electron chi connectivity index (χ0n) is 13.2. The van der Waals surface area contributed by atoms with Gasteiger partial charge in [0.05, 0.1) is 18.5 Å². The highest BCUT2D eigenvalue weighted by molar-refractivity contribution is 7.88. The Balaban J connectivity index is 1.78. The lowest BCUT2D eigenvalue weighted by Crippen LogP contribution is -2.42. The normalized spacial score (nSPS) is 19.1. The molecule has 0 aliphatic carbocycles. The van der Waals surface area contributed by atoms with E-state index in [9.17, 15) is 12.8 Å². The fourth-order valence-electron chi connectivity index (χ4n) is 2.77. The van der Waals surface area contributed by atoms with Gasteiger partial charge in [-0.05, 0) is 41.5 Å². The van der Waals surface area contributed by atoms with Gasteiger partial charge in [-0.3, -0.25) is 0 Å². The van der Waals surface area contributed by atoms with Gasteiger partial charge in [-0.1, -0.05) is 35.3 Å². The molecular weight excluding hydrogens is 388 g/mol. The average Bonchev–Trinajstić information content (AvgIpc) is 2.54. The molecule has 1 unspecified atom stereocenters. The lowest BCUT2D eigenvalue weighted by molar-refractivity contribution is -0.00259. The highest BCUT2D eigenvalue weighted by Crippen LogP contribution is 2.29. The summed E-state index contributed by atoms with van der Waals surface area (Å²) in [5, 5.41) is 0.927. The van der Waals surface area contributed by atoms with Crippen LogP contribution in [0.4, 0.5) is 4.39 Å². The second-order valence-corrected chi connectivity index (χ2v) is 8.65. The molecule has 0 bridgehead atoms. The Bertz CT molecular complexity index is 856. The topological polar surface area (TPSA) is 46.6 Å². The number of sulfonamides is 1. The van der Waals surface area contributed by atoms with Crippen molar-refractivity contribution in [3.05, 3.63) is 69.5 Å². The molecule has 2 aromatic rings. The summed E-state index contributed by atoms with van der Waals surface area (Å²) in [7, 11) is -3.59. The maximum atomic E-state index is 13.3. The van der Waals surface area contributed by atoms with Crippen LogP contribution in [0.5, 0.6) is 0 Å². The van der Waals surface area contributed by atoms with Gasteiger partial charge in [0.15, 0.2) is 0 Å². The molecule has 1 heterocycles. The maximum Gasteiger partial charge on any atom is 0.218 e. The first-order valence-electron chi connectivity index (χ1n) is 7.63. The van der Waals surface area contributed by atoms with Crippen molar-refractivity contribution < 1.29 is 17.5 Å². The Kier molecular flexibility index (Phi) is 5.65. The van der Waals surface area contributed by atoms with Gasteiger partial charge in [-0.25, -0.2) is 12.8 Å². The smallest absolute Gasteiger partial charge is 0.218 e. The van der Waals surface area contributed by atoms with Crippen molar-refractivity contribution in [2.45, 2.75) is 11.9 Å². The Hall–Kier alpha value is -1.18. The van der Waals surface area contributed by atoms with Crippen LogP contribution >= 0.6 is 23.2 Å². The highest BCUT2D eigenvalue weighted by atomic mass is 35.5. The van der Waals surface area contributed by atoms with Crippen LogP contribution in [-0.2, 0) is 20.5 Å². The first kappa shape index (κ1) is 18.6. The summed E-state index contributed by atoms with van der Waals surface area (Å²) >= 11 is 12.0. The van der Waals surface area contributed by atoms with Crippen LogP contribution in [-0.4, -0.2) is 32.4 Å². The Morgan fingerprint density at radius 3 is 2.56 bits per heavy atom. The molecule has 1 fully saturated rings. The highest BCUT2D eigenvalue weighted by Gasteiger charge is 2.30. The molecule has 1 aliphatic heterocycles. The lowest BCUT2D eigenvalue weighted by Gasteiger charge is -2.32. The third-order valence-corrected chi connectivity index (χ3v) is 6.17. The number of halogens is 3. The predicted molar refractivity (Wildman–Crippen MR) is 95.8 cm³/mol. The molecule has 0 amide bonds. The standard InChI is InChI=1S/C17H16Cl2FNO3S/c18-14-7-13(8-15(19)9-14)17-10-21(4-5-24-17)25(22,23)11-12-2-1-3-16(20)6-12/h1-3,6-9,17H,4-5,10-11H2. The van der Waals surface area contributed by atoms with E-state index >= 15 is 0 Å². The van der Waals surface area contributed by atoms with Gasteiger partial charge < -0.3 is 4.74 Å². The minimum absolute atomic E-state index is 0.161. The number of rotatable bonds is 4. The number of hydrogen-bond acceptors (Lipinski definition) is 3. The Labute approximate surface area is 156 Å². The molecule has 0 aromatic heterocycles. The molecule has 1 atom stereocenters. The van der Waals surface area contributed by atoms with E-state index in [0.29, 0.717) is 15.6 Å². The average molecular weight is 404 g/mol. The summed E-state index contributed by atoms with van der Waals surface area (Å²) in [6, 6.07) is 10.6. The molecule has 134 valence electrons. The number of hydrogen-bond donors (Lipinski definition) is 0. The predicted octanol–water partition coefficient (Wildman–Crippen LogP) is 4.04. The van der Waals surface area contributed by atoms with Gasteiger partial charge in [-0.2, -0.15) is 4.31 Å². The molecule has 8 heteroatoms. The lowest BCUT2D eigenvalue weighted by atomic mass is 10.1. The molecule has 1 saturated heterocycles. The van der Waals surface area contributed by atoms with E-state index in [1.54, 1.807) is 24.3 Å². The summed E-state index contributed by atoms with van der Waals surface area (Å²) in [5.74, 6) is -0.713. The van der Waals surface area contributed by atoms with E-state index < -0.39 is 21.9 Å². The van der Waals surface area contributed by atoms with Crippen molar-refractivity contribution in [3.8, 4) is 0 Å². The van der Waals surface area contributed by atoms with Crippen LogP contribution in [0.3, 0.4) is 0 Å². The monoisotopic (exact) mass is 403 g/mol. The van der Waals surface area contributed by atoms with Crippen LogP contribution in [0.15, 0.2) is 42.5 Å². The number of nitrogens with zero attached hydrogens (tertiary/aromatic N) is 1. The Morgan fingerprint density at radius 1 is 1.16 bits per heavy atom. The van der Waals surface area contributed by atoms with E-state index in [2.05, 4.69) is 0 Å². The van der Waals surface area contributed by atoms with E-state index in [-0.39, 0.29) is 25.4 Å². The van der Waals surface area contributed by atoms with Crippen LogP contribution < -0.4 is 0 Å². The van der Waals surface area contributed by atoms with Gasteiger partial charge >= 0.3 is 0 Å². The van der Waals surface area contributed by atoms with Crippen LogP contribution in [0.25, 0.3) is 0 Å². The molecule has 4 nitrogen and oxygen atoms in total. The zero-order valence-corrected chi connectivity index (χ0v) is 15.5. The molecule has 0 saturated carbocycles. The second kappa shape index (κ2) is 7.60. The van der Waals surface area contributed by atoms with Crippen molar-refractivity contribution in [1.29, 1.82) is 0 Å². The van der Waals surface area contributed by atoms with Crippen LogP contribution in [0, 0.1) is 5.82 Å². The van der Waals surface area contributed by atoms with Crippen molar-refractivity contribution in [3.63, 3.8) is 0 Å². The fourth-order valence-corrected chi connectivity index (χ4v) is 4.81. The largest absolute Gasteiger partial charge is 0.371 e. The van der Waals surface area contributed by atoms with Gasteiger partial charge in [0.2, 0.25) is 10.0 Å². The summed E-state index contributed by atoms with van der Waals surface area (Å²) in [6.45, 7) is 0.675. The first-order valence-corrected chi connectivity index (χ1v) is 10.00. The molecule has 25 heavy (non-hydrogen) atoms. The van der Waals surface area contributed by atoms with E-state index in [4.69, 9.17) is 27.9 Å². The van der Waals surface area contributed by atoms with Crippen molar-refractivity contribution in [2.75, 3.05) is 19.7 Å². The number of ether oxygens (including phenoxy) is 1. The Morgan fingerprint density at radius 2 is 1.88 bits per heavy atom. The van der Waals surface area contributed by atoms with Crippen molar-refractivity contribution in [1.82, 2.24) is 4.31 Å². The molecule has 2 aromatic carbocycles. The second-order valence-electron chi connectivity index (χ2n) is 5.81. The quantitative estimate of drug-likeness (QED) is 0.773. The van der Waals surface area contributed by atoms with Crippen LogP contribution in [0.1, 0.15) is 17.2 Å². The molecule has 0 spiro atoms. The fraction of sp³-hybridized carbons (Fsp3) is 0.294. The molecule has 3 rings (SSSR count). The molecule has 1 aliphatic rings. The minimum atomic E-state index is -3.59. The van der Waals surface area contributed by atoms with Gasteiger partial charge in [0.1, 0.15) is 5.82 Å². The number of morpholine rings is 1. The van der Waals surface area contributed by atoms with E-state index in [1.165, 1.54) is 22.5 Å². The summed E-state index contributed by atoms with van der Waals surface area (Å²) < 4.78 is 45.7. The van der Waals surface area contributed by atoms with Gasteiger partial charge in [0, 0.05) is 23.1 Å². The van der Waals surface area contributed by atoms with E-state index in [1.807, 2.05) is 0 Å². The SMILES string of the molecule is O=S(=O)(Cc1cccc(F)c1)N1CCOC(c2cc(Cl)cc(Cl)c2)C1. The first-order chi connectivity index (χ1) is 11.8.